The molecule has 10 heteroatoms. The summed E-state index contributed by atoms with van der Waals surface area (Å²) in [4.78, 5) is 13.8. The number of ether oxygens (including phenoxy) is 1. The van der Waals surface area contributed by atoms with Gasteiger partial charge in [0.05, 0.1) is 11.0 Å². The monoisotopic (exact) mass is 549 g/mol. The number of carboxylic acids is 1. The predicted octanol–water partition coefficient (Wildman–Crippen LogP) is 3.78. The molecular formula is C24H28BrN3O5S. The number of nitrogens with zero attached hydrogens (tertiary/aromatic N) is 3. The summed E-state index contributed by atoms with van der Waals surface area (Å²) < 4.78 is 36.0. The fourth-order valence-electron chi connectivity index (χ4n) is 4.22. The number of fused-ring (bicyclic) bond motifs is 1. The Hall–Kier alpha value is -2.40. The van der Waals surface area contributed by atoms with Crippen molar-refractivity contribution in [3.05, 3.63) is 58.7 Å². The molecular weight excluding hydrogens is 522 g/mol. The summed E-state index contributed by atoms with van der Waals surface area (Å²) in [6.45, 7) is 6.34. The number of aromatic nitrogens is 1. The summed E-state index contributed by atoms with van der Waals surface area (Å²) >= 11 is 3.46. The molecule has 2 heterocycles. The largest absolute Gasteiger partial charge is 0.491 e. The van der Waals surface area contributed by atoms with Crippen LogP contribution in [0.15, 0.2) is 58.0 Å². The van der Waals surface area contributed by atoms with E-state index in [0.717, 1.165) is 20.9 Å². The summed E-state index contributed by atoms with van der Waals surface area (Å²) in [7, 11) is -3.58. The van der Waals surface area contributed by atoms with Crippen molar-refractivity contribution in [2.24, 2.45) is 0 Å². The van der Waals surface area contributed by atoms with Crippen LogP contribution in [0.3, 0.4) is 0 Å². The van der Waals surface area contributed by atoms with E-state index in [0.29, 0.717) is 38.5 Å². The van der Waals surface area contributed by atoms with E-state index in [1.54, 1.807) is 28.8 Å². The molecule has 1 aliphatic rings. The molecule has 34 heavy (non-hydrogen) atoms. The standard InChI is InChI=1S/C24H28BrN3O5S/c1-17(2)33-20-4-6-21(7-5-20)34(31,32)28-11-9-26(10-12-28)14-18-15-27(16-24(29)30)23-13-19(25)3-8-22(18)23/h3-8,13,15,17H,9-12,14,16H2,1-2H3,(H,29,30). The van der Waals surface area contributed by atoms with Gasteiger partial charge in [0.2, 0.25) is 10.0 Å². The number of benzene rings is 2. The highest BCUT2D eigenvalue weighted by molar-refractivity contribution is 9.10. The van der Waals surface area contributed by atoms with Gasteiger partial charge in [0.25, 0.3) is 0 Å². The Balaban J connectivity index is 1.44. The maximum Gasteiger partial charge on any atom is 0.323 e. The second-order valence-corrected chi connectivity index (χ2v) is 11.5. The van der Waals surface area contributed by atoms with Crippen LogP contribution in [0.1, 0.15) is 19.4 Å². The summed E-state index contributed by atoms with van der Waals surface area (Å²) in [5.74, 6) is -0.251. The lowest BCUT2D eigenvalue weighted by molar-refractivity contribution is -0.137. The first-order valence-electron chi connectivity index (χ1n) is 11.1. The summed E-state index contributed by atoms with van der Waals surface area (Å²) in [6, 6.07) is 12.4. The molecule has 0 bridgehead atoms. The lowest BCUT2D eigenvalue weighted by Gasteiger charge is -2.33. The van der Waals surface area contributed by atoms with Gasteiger partial charge in [-0.05, 0) is 55.8 Å². The molecule has 0 unspecified atom stereocenters. The molecule has 1 saturated heterocycles. The number of hydrogen-bond donors (Lipinski definition) is 1. The fraction of sp³-hybridized carbons (Fsp3) is 0.375. The first-order chi connectivity index (χ1) is 16.1. The van der Waals surface area contributed by atoms with Crippen molar-refractivity contribution in [1.82, 2.24) is 13.8 Å². The van der Waals surface area contributed by atoms with Crippen LogP contribution in [-0.4, -0.2) is 65.5 Å². The Morgan fingerprint density at radius 1 is 1.09 bits per heavy atom. The number of aliphatic carboxylic acids is 1. The van der Waals surface area contributed by atoms with Crippen LogP contribution in [0.4, 0.5) is 0 Å². The van der Waals surface area contributed by atoms with Crippen LogP contribution in [0.5, 0.6) is 5.75 Å². The lowest BCUT2D eigenvalue weighted by atomic mass is 10.1. The van der Waals surface area contributed by atoms with Crippen molar-refractivity contribution in [3.63, 3.8) is 0 Å². The van der Waals surface area contributed by atoms with Crippen molar-refractivity contribution < 1.29 is 23.1 Å². The Morgan fingerprint density at radius 2 is 1.76 bits per heavy atom. The molecule has 182 valence electrons. The molecule has 1 fully saturated rings. The third-order valence-corrected chi connectivity index (χ3v) is 8.20. The zero-order chi connectivity index (χ0) is 24.5. The third kappa shape index (κ3) is 5.46. The van der Waals surface area contributed by atoms with Crippen LogP contribution in [-0.2, 0) is 27.9 Å². The van der Waals surface area contributed by atoms with E-state index >= 15 is 0 Å². The molecule has 0 spiro atoms. The maximum atomic E-state index is 13.1. The van der Waals surface area contributed by atoms with E-state index in [1.165, 1.54) is 4.31 Å². The number of sulfonamides is 1. The molecule has 1 aromatic heterocycles. The summed E-state index contributed by atoms with van der Waals surface area (Å²) in [6.07, 6.45) is 1.91. The second-order valence-electron chi connectivity index (χ2n) is 8.66. The van der Waals surface area contributed by atoms with Crippen molar-refractivity contribution in [1.29, 1.82) is 0 Å². The molecule has 0 amide bonds. The van der Waals surface area contributed by atoms with Crippen molar-refractivity contribution >= 4 is 42.8 Å². The number of halogens is 1. The van der Waals surface area contributed by atoms with E-state index < -0.39 is 16.0 Å². The van der Waals surface area contributed by atoms with E-state index in [9.17, 15) is 18.3 Å². The molecule has 2 aromatic carbocycles. The van der Waals surface area contributed by atoms with Crippen molar-refractivity contribution in [2.45, 2.75) is 37.9 Å². The lowest BCUT2D eigenvalue weighted by Crippen LogP contribution is -2.48. The minimum Gasteiger partial charge on any atom is -0.491 e. The van der Waals surface area contributed by atoms with Gasteiger partial charge in [0.15, 0.2) is 0 Å². The molecule has 0 radical (unpaired) electrons. The SMILES string of the molecule is CC(C)Oc1ccc(S(=O)(=O)N2CCN(Cc3cn(CC(=O)O)c4cc(Br)ccc34)CC2)cc1. The minimum absolute atomic E-state index is 0.0233. The van der Waals surface area contributed by atoms with Gasteiger partial charge in [-0.15, -0.1) is 0 Å². The van der Waals surface area contributed by atoms with E-state index in [1.807, 2.05) is 38.2 Å². The molecule has 1 aliphatic heterocycles. The first kappa shape index (κ1) is 24.7. The smallest absolute Gasteiger partial charge is 0.323 e. The van der Waals surface area contributed by atoms with E-state index in [4.69, 9.17) is 4.74 Å². The van der Waals surface area contributed by atoms with Gasteiger partial charge in [-0.3, -0.25) is 9.69 Å². The van der Waals surface area contributed by atoms with E-state index in [2.05, 4.69) is 20.8 Å². The number of carbonyl (C=O) groups is 1. The highest BCUT2D eigenvalue weighted by Crippen LogP contribution is 2.27. The quantitative estimate of drug-likeness (QED) is 0.459. The van der Waals surface area contributed by atoms with Crippen LogP contribution in [0.2, 0.25) is 0 Å². The number of rotatable bonds is 8. The summed E-state index contributed by atoms with van der Waals surface area (Å²) in [5, 5.41) is 10.3. The first-order valence-corrected chi connectivity index (χ1v) is 13.3. The van der Waals surface area contributed by atoms with Crippen LogP contribution in [0, 0.1) is 0 Å². The molecule has 0 saturated carbocycles. The number of carboxylic acid groups (broad SMARTS) is 1. The molecule has 0 aliphatic carbocycles. The fourth-order valence-corrected chi connectivity index (χ4v) is 6.00. The normalized spacial score (nSPS) is 15.8. The Kier molecular flexibility index (Phi) is 7.32. The summed E-state index contributed by atoms with van der Waals surface area (Å²) in [5.41, 5.74) is 1.89. The zero-order valence-electron chi connectivity index (χ0n) is 19.1. The van der Waals surface area contributed by atoms with Crippen LogP contribution >= 0.6 is 15.9 Å². The van der Waals surface area contributed by atoms with Gasteiger partial charge >= 0.3 is 5.97 Å². The molecule has 8 nitrogen and oxygen atoms in total. The highest BCUT2D eigenvalue weighted by atomic mass is 79.9. The van der Waals surface area contributed by atoms with E-state index in [-0.39, 0.29) is 17.5 Å². The van der Waals surface area contributed by atoms with Crippen LogP contribution < -0.4 is 4.74 Å². The Bertz CT molecular complexity index is 1280. The second kappa shape index (κ2) is 10.1. The molecule has 1 N–H and O–H groups in total. The maximum absolute atomic E-state index is 13.1. The number of hydrogen-bond acceptors (Lipinski definition) is 5. The van der Waals surface area contributed by atoms with Gasteiger partial charge in [-0.25, -0.2) is 8.42 Å². The van der Waals surface area contributed by atoms with Gasteiger partial charge in [0, 0.05) is 54.3 Å². The molecule has 3 aromatic rings. The van der Waals surface area contributed by atoms with Crippen molar-refractivity contribution in [3.8, 4) is 5.75 Å². The Morgan fingerprint density at radius 3 is 2.38 bits per heavy atom. The third-order valence-electron chi connectivity index (χ3n) is 5.79. The minimum atomic E-state index is -3.58. The van der Waals surface area contributed by atoms with Gasteiger partial charge in [0.1, 0.15) is 12.3 Å². The zero-order valence-corrected chi connectivity index (χ0v) is 21.5. The Labute approximate surface area is 207 Å². The van der Waals surface area contributed by atoms with Crippen molar-refractivity contribution in [2.75, 3.05) is 26.2 Å². The van der Waals surface area contributed by atoms with Gasteiger partial charge in [-0.1, -0.05) is 22.0 Å². The molecule has 0 atom stereocenters. The van der Waals surface area contributed by atoms with Crippen LogP contribution in [0.25, 0.3) is 10.9 Å². The topological polar surface area (TPSA) is 92.1 Å². The average Bonchev–Trinajstić information content (AvgIpc) is 3.09. The number of piperazine rings is 1. The predicted molar refractivity (Wildman–Crippen MR) is 134 cm³/mol. The highest BCUT2D eigenvalue weighted by Gasteiger charge is 2.29. The van der Waals surface area contributed by atoms with Gasteiger partial charge in [-0.2, -0.15) is 4.31 Å². The van der Waals surface area contributed by atoms with Gasteiger partial charge < -0.3 is 14.4 Å². The molecule has 4 rings (SSSR count). The average molecular weight is 550 g/mol.